The van der Waals surface area contributed by atoms with Crippen LogP contribution in [0.1, 0.15) is 19.3 Å². The van der Waals surface area contributed by atoms with Gasteiger partial charge in [-0.25, -0.2) is 4.52 Å². The third-order valence-electron chi connectivity index (χ3n) is 5.36. The van der Waals surface area contributed by atoms with Gasteiger partial charge in [0.05, 0.1) is 12.8 Å². The number of aromatic nitrogens is 3. The highest BCUT2D eigenvalue weighted by atomic mass is 16.5. The lowest BCUT2D eigenvalue weighted by atomic mass is 10.1. The number of pyridine rings is 1. The summed E-state index contributed by atoms with van der Waals surface area (Å²) in [7, 11) is 1.63. The molecule has 0 bridgehead atoms. The summed E-state index contributed by atoms with van der Waals surface area (Å²) >= 11 is 0. The molecule has 156 valence electrons. The van der Waals surface area contributed by atoms with Crippen molar-refractivity contribution in [2.24, 2.45) is 5.92 Å². The Labute approximate surface area is 180 Å². The minimum absolute atomic E-state index is 0.0920. The number of rotatable bonds is 7. The van der Waals surface area contributed by atoms with Crippen LogP contribution < -0.4 is 15.4 Å². The maximum absolute atomic E-state index is 12.0. The van der Waals surface area contributed by atoms with Crippen molar-refractivity contribution in [3.63, 3.8) is 0 Å². The molecule has 0 atom stereocenters. The predicted molar refractivity (Wildman–Crippen MR) is 121 cm³/mol. The number of anilines is 3. The molecule has 2 N–H and O–H groups in total. The fourth-order valence-corrected chi connectivity index (χ4v) is 3.52. The average Bonchev–Trinajstić information content (AvgIpc) is 3.50. The Kier molecular flexibility index (Phi) is 5.00. The lowest BCUT2D eigenvalue weighted by molar-refractivity contribution is -0.116. The maximum atomic E-state index is 12.0. The minimum Gasteiger partial charge on any atom is -0.495 e. The number of para-hydroxylation sites is 2. The summed E-state index contributed by atoms with van der Waals surface area (Å²) in [6.45, 7) is 0. The van der Waals surface area contributed by atoms with Crippen molar-refractivity contribution < 1.29 is 9.53 Å². The van der Waals surface area contributed by atoms with Crippen molar-refractivity contribution in [3.05, 3.63) is 66.9 Å². The number of amides is 1. The fourth-order valence-electron chi connectivity index (χ4n) is 3.52. The van der Waals surface area contributed by atoms with E-state index in [1.807, 2.05) is 66.9 Å². The lowest BCUT2D eigenvalue weighted by Gasteiger charge is -2.07. The molecule has 5 rings (SSSR count). The number of benzene rings is 2. The van der Waals surface area contributed by atoms with Crippen LogP contribution >= 0.6 is 0 Å². The van der Waals surface area contributed by atoms with Gasteiger partial charge in [0, 0.05) is 23.9 Å². The second-order valence-electron chi connectivity index (χ2n) is 7.75. The summed E-state index contributed by atoms with van der Waals surface area (Å²) in [6, 6.07) is 19.4. The molecule has 0 spiro atoms. The number of hydrogen-bond acceptors (Lipinski definition) is 5. The Hall–Kier alpha value is -3.87. The highest BCUT2D eigenvalue weighted by molar-refractivity contribution is 5.91. The number of methoxy groups -OCH3 is 1. The van der Waals surface area contributed by atoms with Crippen LogP contribution in [-0.4, -0.2) is 27.6 Å². The summed E-state index contributed by atoms with van der Waals surface area (Å²) in [5.74, 6) is 1.90. The van der Waals surface area contributed by atoms with Gasteiger partial charge in [0.15, 0.2) is 5.65 Å². The molecule has 0 unspecified atom stereocenters. The zero-order chi connectivity index (χ0) is 21.2. The van der Waals surface area contributed by atoms with Crippen molar-refractivity contribution in [1.82, 2.24) is 14.6 Å². The van der Waals surface area contributed by atoms with E-state index in [1.165, 1.54) is 12.8 Å². The molecular formula is C24H23N5O2. The maximum Gasteiger partial charge on any atom is 0.247 e. The molecule has 4 aromatic rings. The van der Waals surface area contributed by atoms with E-state index >= 15 is 0 Å². The number of nitrogens with zero attached hydrogens (tertiary/aromatic N) is 3. The fraction of sp³-hybridized carbons (Fsp3) is 0.208. The van der Waals surface area contributed by atoms with Crippen LogP contribution in [0, 0.1) is 5.92 Å². The van der Waals surface area contributed by atoms with Gasteiger partial charge in [-0.15, -0.1) is 5.10 Å². The highest BCUT2D eigenvalue weighted by Gasteiger charge is 2.24. The number of carbonyl (C=O) groups excluding carboxylic acids is 1. The van der Waals surface area contributed by atoms with Gasteiger partial charge in [0.2, 0.25) is 11.9 Å². The first-order valence-electron chi connectivity index (χ1n) is 10.3. The molecule has 1 aliphatic carbocycles. The van der Waals surface area contributed by atoms with Crippen molar-refractivity contribution in [1.29, 1.82) is 0 Å². The number of ether oxygens (including phenoxy) is 1. The summed E-state index contributed by atoms with van der Waals surface area (Å²) in [6.07, 6.45) is 4.91. The Morgan fingerprint density at radius 1 is 1.06 bits per heavy atom. The van der Waals surface area contributed by atoms with Crippen LogP contribution in [-0.2, 0) is 4.79 Å². The zero-order valence-corrected chi connectivity index (χ0v) is 17.2. The highest BCUT2D eigenvalue weighted by Crippen LogP contribution is 2.32. The second-order valence-corrected chi connectivity index (χ2v) is 7.75. The van der Waals surface area contributed by atoms with Crippen LogP contribution in [0.4, 0.5) is 17.3 Å². The first-order chi connectivity index (χ1) is 15.2. The molecule has 1 amide bonds. The second kappa shape index (κ2) is 8.10. The van der Waals surface area contributed by atoms with Gasteiger partial charge in [-0.3, -0.25) is 4.79 Å². The van der Waals surface area contributed by atoms with E-state index in [1.54, 1.807) is 11.6 Å². The first-order valence-corrected chi connectivity index (χ1v) is 10.3. The van der Waals surface area contributed by atoms with Gasteiger partial charge in [-0.2, -0.15) is 4.98 Å². The van der Waals surface area contributed by atoms with Crippen LogP contribution in [0.2, 0.25) is 0 Å². The molecule has 0 saturated heterocycles. The van der Waals surface area contributed by atoms with Gasteiger partial charge < -0.3 is 15.4 Å². The van der Waals surface area contributed by atoms with Gasteiger partial charge in [0.25, 0.3) is 0 Å². The molecule has 1 aliphatic rings. The Morgan fingerprint density at radius 3 is 2.61 bits per heavy atom. The van der Waals surface area contributed by atoms with Crippen molar-refractivity contribution in [3.8, 4) is 16.9 Å². The molecule has 7 heteroatoms. The normalized spacial score (nSPS) is 13.2. The summed E-state index contributed by atoms with van der Waals surface area (Å²) < 4.78 is 7.12. The first kappa shape index (κ1) is 19.1. The molecule has 2 aromatic carbocycles. The molecule has 2 aromatic heterocycles. The van der Waals surface area contributed by atoms with E-state index < -0.39 is 0 Å². The third kappa shape index (κ3) is 4.35. The third-order valence-corrected chi connectivity index (χ3v) is 5.36. The van der Waals surface area contributed by atoms with Gasteiger partial charge in [0.1, 0.15) is 5.75 Å². The van der Waals surface area contributed by atoms with Crippen LogP contribution in [0.25, 0.3) is 16.8 Å². The SMILES string of the molecule is COc1ccccc1Nc1nc2ccc(-c3ccc(NC(=O)CC4CC4)cc3)cn2n1. The number of carbonyl (C=O) groups is 1. The molecule has 1 fully saturated rings. The Balaban J connectivity index is 1.33. The summed E-state index contributed by atoms with van der Waals surface area (Å²) in [5, 5.41) is 10.7. The van der Waals surface area contributed by atoms with Crippen molar-refractivity contribution >= 4 is 28.9 Å². The van der Waals surface area contributed by atoms with Gasteiger partial charge in [-0.1, -0.05) is 24.3 Å². The van der Waals surface area contributed by atoms with Crippen LogP contribution in [0.5, 0.6) is 5.75 Å². The Morgan fingerprint density at radius 2 is 1.84 bits per heavy atom. The van der Waals surface area contributed by atoms with Gasteiger partial charge >= 0.3 is 0 Å². The van der Waals surface area contributed by atoms with Crippen molar-refractivity contribution in [2.75, 3.05) is 17.7 Å². The van der Waals surface area contributed by atoms with Crippen molar-refractivity contribution in [2.45, 2.75) is 19.3 Å². The minimum atomic E-state index is 0.0920. The molecule has 7 nitrogen and oxygen atoms in total. The summed E-state index contributed by atoms with van der Waals surface area (Å²) in [4.78, 5) is 16.5. The van der Waals surface area contributed by atoms with Gasteiger partial charge in [-0.05, 0) is 60.7 Å². The van der Waals surface area contributed by atoms with E-state index in [0.29, 0.717) is 18.3 Å². The molecule has 1 saturated carbocycles. The Bertz CT molecular complexity index is 1230. The number of fused-ring (bicyclic) bond motifs is 1. The number of nitrogens with one attached hydrogen (secondary N) is 2. The molecule has 0 radical (unpaired) electrons. The standard InChI is InChI=1S/C24H23N5O2/c1-31-21-5-3-2-4-20(21)26-24-27-22-13-10-18(15-29(22)28-24)17-8-11-19(12-9-17)25-23(30)14-16-6-7-16/h2-5,8-13,15-16H,6-7,14H2,1H3,(H,25,30)(H,26,28). The monoisotopic (exact) mass is 413 g/mol. The predicted octanol–water partition coefficient (Wildman–Crippen LogP) is 4.89. The average molecular weight is 413 g/mol. The topological polar surface area (TPSA) is 80.5 Å². The van der Waals surface area contributed by atoms with E-state index in [2.05, 4.69) is 20.7 Å². The van der Waals surface area contributed by atoms with E-state index in [-0.39, 0.29) is 5.91 Å². The van der Waals surface area contributed by atoms with E-state index in [9.17, 15) is 4.79 Å². The van der Waals surface area contributed by atoms with Crippen LogP contribution in [0.15, 0.2) is 66.9 Å². The zero-order valence-electron chi connectivity index (χ0n) is 17.2. The molecular weight excluding hydrogens is 390 g/mol. The largest absolute Gasteiger partial charge is 0.495 e. The molecule has 2 heterocycles. The lowest BCUT2D eigenvalue weighted by Crippen LogP contribution is -2.11. The number of hydrogen-bond donors (Lipinski definition) is 2. The quantitative estimate of drug-likeness (QED) is 0.451. The molecule has 0 aliphatic heterocycles. The summed E-state index contributed by atoms with van der Waals surface area (Å²) in [5.41, 5.74) is 4.42. The molecule has 31 heavy (non-hydrogen) atoms. The van der Waals surface area contributed by atoms with E-state index in [4.69, 9.17) is 4.74 Å². The van der Waals surface area contributed by atoms with Crippen LogP contribution in [0.3, 0.4) is 0 Å². The van der Waals surface area contributed by atoms with E-state index in [0.717, 1.165) is 33.9 Å². The smallest absolute Gasteiger partial charge is 0.247 e.